The summed E-state index contributed by atoms with van der Waals surface area (Å²) in [7, 11) is 0. The molecular weight excluding hydrogens is 436 g/mol. The van der Waals surface area contributed by atoms with Crippen LogP contribution in [0.2, 0.25) is 0 Å². The monoisotopic (exact) mass is 480 g/mol. The number of phenolic OH excluding ortho intramolecular Hbond substituents is 1. The summed E-state index contributed by atoms with van der Waals surface area (Å²) in [6.07, 6.45) is 22.7. The molecule has 2 nitrogen and oxygen atoms in total. The van der Waals surface area contributed by atoms with Crippen molar-refractivity contribution in [2.24, 2.45) is 0 Å². The van der Waals surface area contributed by atoms with Crippen LogP contribution in [-0.4, -0.2) is 10.7 Å². The van der Waals surface area contributed by atoms with Crippen molar-refractivity contribution >= 4 is 15.9 Å². The molecule has 1 atom stereocenters. The number of aromatic hydroxyl groups is 1. The fourth-order valence-electron chi connectivity index (χ4n) is 4.75. The highest BCUT2D eigenvalue weighted by molar-refractivity contribution is 9.10. The van der Waals surface area contributed by atoms with Gasteiger partial charge in [-0.2, -0.15) is 0 Å². The molecule has 0 saturated carbocycles. The van der Waals surface area contributed by atoms with E-state index in [-0.39, 0.29) is 5.60 Å². The summed E-state index contributed by atoms with van der Waals surface area (Å²) >= 11 is 3.53. The van der Waals surface area contributed by atoms with Gasteiger partial charge in [-0.25, -0.2) is 0 Å². The molecule has 0 aliphatic carbocycles. The Morgan fingerprint density at radius 2 is 1.40 bits per heavy atom. The van der Waals surface area contributed by atoms with Crippen molar-refractivity contribution in [3.05, 3.63) is 21.7 Å². The molecular formula is C27H45BrO2. The molecule has 1 aliphatic rings. The molecule has 1 heterocycles. The molecule has 1 N–H and O–H groups in total. The van der Waals surface area contributed by atoms with E-state index in [9.17, 15) is 5.11 Å². The van der Waals surface area contributed by atoms with Crippen molar-refractivity contribution < 1.29 is 9.84 Å². The number of benzene rings is 1. The Bertz CT molecular complexity index is 628. The van der Waals surface area contributed by atoms with Gasteiger partial charge in [-0.05, 0) is 67.1 Å². The molecule has 1 aromatic rings. The average Bonchev–Trinajstić information content (AvgIpc) is 2.72. The predicted molar refractivity (Wildman–Crippen MR) is 133 cm³/mol. The number of aryl methyl sites for hydroxylation is 1. The van der Waals surface area contributed by atoms with Crippen LogP contribution in [0.3, 0.4) is 0 Å². The zero-order valence-corrected chi connectivity index (χ0v) is 21.4. The van der Waals surface area contributed by atoms with Gasteiger partial charge in [0.1, 0.15) is 17.1 Å². The second-order valence-corrected chi connectivity index (χ2v) is 10.5. The average molecular weight is 482 g/mol. The van der Waals surface area contributed by atoms with Crippen molar-refractivity contribution in [1.82, 2.24) is 0 Å². The van der Waals surface area contributed by atoms with Gasteiger partial charge in [0, 0.05) is 5.56 Å². The molecule has 30 heavy (non-hydrogen) atoms. The largest absolute Gasteiger partial charge is 0.507 e. The lowest BCUT2D eigenvalue weighted by atomic mass is 9.87. The summed E-state index contributed by atoms with van der Waals surface area (Å²) in [5, 5.41) is 10.0. The molecule has 0 saturated heterocycles. The summed E-state index contributed by atoms with van der Waals surface area (Å²) < 4.78 is 7.27. The van der Waals surface area contributed by atoms with E-state index in [1.807, 2.05) is 6.92 Å². The van der Waals surface area contributed by atoms with E-state index in [1.165, 1.54) is 89.9 Å². The van der Waals surface area contributed by atoms with Gasteiger partial charge in [0.25, 0.3) is 0 Å². The molecule has 0 amide bonds. The molecule has 1 aliphatic heterocycles. The van der Waals surface area contributed by atoms with Crippen molar-refractivity contribution in [3.8, 4) is 11.5 Å². The number of rotatable bonds is 15. The van der Waals surface area contributed by atoms with Crippen LogP contribution < -0.4 is 4.74 Å². The highest BCUT2D eigenvalue weighted by atomic mass is 79.9. The van der Waals surface area contributed by atoms with Crippen LogP contribution >= 0.6 is 15.9 Å². The Labute approximate surface area is 194 Å². The minimum atomic E-state index is -0.0642. The fourth-order valence-corrected chi connectivity index (χ4v) is 5.24. The quantitative estimate of drug-likeness (QED) is 0.253. The lowest BCUT2D eigenvalue weighted by Crippen LogP contribution is -2.36. The SMILES string of the molecule is CCCCCCCCCCCCCCCC[C@]1(C)CCc2c(Br)c(O)cc(C)c2O1. The Hall–Kier alpha value is -0.700. The minimum Gasteiger partial charge on any atom is -0.507 e. The number of phenols is 1. The number of unbranched alkanes of at least 4 members (excludes halogenated alkanes) is 13. The Morgan fingerprint density at radius 3 is 1.93 bits per heavy atom. The third-order valence-electron chi connectivity index (χ3n) is 6.79. The first-order valence-corrected chi connectivity index (χ1v) is 13.5. The van der Waals surface area contributed by atoms with Gasteiger partial charge in [-0.1, -0.05) is 90.4 Å². The van der Waals surface area contributed by atoms with E-state index in [1.54, 1.807) is 6.07 Å². The molecule has 3 heteroatoms. The van der Waals surface area contributed by atoms with Gasteiger partial charge >= 0.3 is 0 Å². The maximum atomic E-state index is 10.0. The molecule has 172 valence electrons. The van der Waals surface area contributed by atoms with Gasteiger partial charge in [-0.15, -0.1) is 0 Å². The molecule has 0 unspecified atom stereocenters. The van der Waals surface area contributed by atoms with Crippen LogP contribution in [0.5, 0.6) is 11.5 Å². The molecule has 0 fully saturated rings. The minimum absolute atomic E-state index is 0.0642. The van der Waals surface area contributed by atoms with Crippen LogP contribution in [0.15, 0.2) is 10.5 Å². The number of hydrogen-bond acceptors (Lipinski definition) is 2. The smallest absolute Gasteiger partial charge is 0.130 e. The molecule has 0 aromatic heterocycles. The van der Waals surface area contributed by atoms with Gasteiger partial charge < -0.3 is 9.84 Å². The zero-order chi connectivity index (χ0) is 21.8. The van der Waals surface area contributed by atoms with E-state index in [4.69, 9.17) is 4.74 Å². The number of hydrogen-bond donors (Lipinski definition) is 1. The van der Waals surface area contributed by atoms with Crippen LogP contribution in [0.25, 0.3) is 0 Å². The summed E-state index contributed by atoms with van der Waals surface area (Å²) in [5.41, 5.74) is 2.11. The van der Waals surface area contributed by atoms with Crippen molar-refractivity contribution in [2.75, 3.05) is 0 Å². The standard InChI is InChI=1S/C27H45BrO2/c1-4-5-6-7-8-9-10-11-12-13-14-15-16-17-19-27(3)20-18-23-25(28)24(29)21-22(2)26(23)30-27/h21,29H,4-20H2,1-3H3/t27-/m1/s1. The van der Waals surface area contributed by atoms with Crippen molar-refractivity contribution in [1.29, 1.82) is 0 Å². The third kappa shape index (κ3) is 8.44. The number of halogens is 1. The molecule has 2 rings (SSSR count). The third-order valence-corrected chi connectivity index (χ3v) is 7.67. The normalized spacial score (nSPS) is 18.3. The van der Waals surface area contributed by atoms with Crippen LogP contribution in [0.1, 0.15) is 128 Å². The fraction of sp³-hybridized carbons (Fsp3) is 0.778. The Morgan fingerprint density at radius 1 is 0.900 bits per heavy atom. The summed E-state index contributed by atoms with van der Waals surface area (Å²) in [6.45, 7) is 6.58. The van der Waals surface area contributed by atoms with E-state index in [2.05, 4.69) is 29.8 Å². The van der Waals surface area contributed by atoms with Crippen LogP contribution in [0, 0.1) is 6.92 Å². The van der Waals surface area contributed by atoms with Gasteiger partial charge in [0.15, 0.2) is 0 Å². The highest BCUT2D eigenvalue weighted by Gasteiger charge is 2.33. The second-order valence-electron chi connectivity index (χ2n) is 9.73. The Kier molecular flexibility index (Phi) is 11.6. The summed E-state index contributed by atoms with van der Waals surface area (Å²) in [4.78, 5) is 0. The number of fused-ring (bicyclic) bond motifs is 1. The highest BCUT2D eigenvalue weighted by Crippen LogP contribution is 2.44. The first kappa shape index (κ1) is 25.6. The van der Waals surface area contributed by atoms with Crippen LogP contribution in [0.4, 0.5) is 0 Å². The molecule has 0 radical (unpaired) electrons. The topological polar surface area (TPSA) is 29.5 Å². The van der Waals surface area contributed by atoms with Crippen LogP contribution in [-0.2, 0) is 6.42 Å². The molecule has 0 spiro atoms. The first-order chi connectivity index (χ1) is 14.5. The van der Waals surface area contributed by atoms with E-state index >= 15 is 0 Å². The van der Waals surface area contributed by atoms with E-state index in [0.29, 0.717) is 5.75 Å². The maximum absolute atomic E-state index is 10.0. The maximum Gasteiger partial charge on any atom is 0.130 e. The first-order valence-electron chi connectivity index (χ1n) is 12.7. The molecule has 1 aromatic carbocycles. The van der Waals surface area contributed by atoms with Crippen molar-refractivity contribution in [3.63, 3.8) is 0 Å². The predicted octanol–water partition coefficient (Wildman–Crippen LogP) is 9.42. The zero-order valence-electron chi connectivity index (χ0n) is 19.8. The van der Waals surface area contributed by atoms with Gasteiger partial charge in [0.2, 0.25) is 0 Å². The summed E-state index contributed by atoms with van der Waals surface area (Å²) in [6, 6.07) is 1.81. The van der Waals surface area contributed by atoms with Gasteiger partial charge in [0.05, 0.1) is 4.47 Å². The second kappa shape index (κ2) is 13.7. The lowest BCUT2D eigenvalue weighted by molar-refractivity contribution is 0.0522. The van der Waals surface area contributed by atoms with E-state index < -0.39 is 0 Å². The van der Waals surface area contributed by atoms with Gasteiger partial charge in [-0.3, -0.25) is 0 Å². The summed E-state index contributed by atoms with van der Waals surface area (Å²) in [5.74, 6) is 1.31. The van der Waals surface area contributed by atoms with Crippen molar-refractivity contribution in [2.45, 2.75) is 136 Å². The van der Waals surface area contributed by atoms with E-state index in [0.717, 1.165) is 40.6 Å². The lowest BCUT2D eigenvalue weighted by Gasteiger charge is -2.37. The number of ether oxygens (including phenoxy) is 1. The Balaban J connectivity index is 1.52. The molecule has 0 bridgehead atoms.